The average molecular weight is 277 g/mol. The molecule has 0 bridgehead atoms. The summed E-state index contributed by atoms with van der Waals surface area (Å²) in [6.07, 6.45) is 3.30. The van der Waals surface area contributed by atoms with Crippen molar-refractivity contribution >= 4 is 11.6 Å². The third-order valence-corrected chi connectivity index (χ3v) is 3.44. The third kappa shape index (κ3) is 4.21. The van der Waals surface area contributed by atoms with E-state index in [1.165, 1.54) is 12.8 Å². The van der Waals surface area contributed by atoms with Crippen molar-refractivity contribution < 1.29 is 9.53 Å². The summed E-state index contributed by atoms with van der Waals surface area (Å²) in [5.41, 5.74) is 6.26. The molecule has 1 fully saturated rings. The lowest BCUT2D eigenvalue weighted by Crippen LogP contribution is -2.36. The highest BCUT2D eigenvalue weighted by Gasteiger charge is 2.29. The second kappa shape index (κ2) is 7.26. The summed E-state index contributed by atoms with van der Waals surface area (Å²) in [7, 11) is 1.60. The Labute approximate surface area is 120 Å². The van der Waals surface area contributed by atoms with Gasteiger partial charge in [-0.15, -0.1) is 0 Å². The molecule has 0 saturated heterocycles. The van der Waals surface area contributed by atoms with Crippen LogP contribution < -0.4 is 15.8 Å². The van der Waals surface area contributed by atoms with E-state index >= 15 is 0 Å². The first-order valence-electron chi connectivity index (χ1n) is 7.11. The van der Waals surface area contributed by atoms with Gasteiger partial charge in [0, 0.05) is 12.6 Å². The molecule has 0 atom stereocenters. The molecule has 1 aliphatic carbocycles. The van der Waals surface area contributed by atoms with Crippen LogP contribution in [0.1, 0.15) is 19.3 Å². The van der Waals surface area contributed by atoms with Crippen LogP contribution in [0, 0.1) is 0 Å². The standard InChI is InChI=1S/C15H23N3O2/c1-20-14-6-3-2-5-13(14)17-15(19)11-18(10-4-9-16)12-7-8-12/h2-3,5-6,12H,4,7-11,16H2,1H3,(H,17,19). The lowest BCUT2D eigenvalue weighted by atomic mass is 10.3. The average Bonchev–Trinajstić information content (AvgIpc) is 3.28. The molecule has 3 N–H and O–H groups in total. The number of amides is 1. The van der Waals surface area contributed by atoms with E-state index in [0.717, 1.165) is 18.7 Å². The van der Waals surface area contributed by atoms with Crippen LogP contribution in [0.5, 0.6) is 5.75 Å². The van der Waals surface area contributed by atoms with E-state index in [2.05, 4.69) is 10.2 Å². The van der Waals surface area contributed by atoms with Crippen molar-refractivity contribution in [1.82, 2.24) is 4.90 Å². The smallest absolute Gasteiger partial charge is 0.238 e. The monoisotopic (exact) mass is 277 g/mol. The zero-order valence-electron chi connectivity index (χ0n) is 12.0. The van der Waals surface area contributed by atoms with Gasteiger partial charge in [0.05, 0.1) is 19.3 Å². The van der Waals surface area contributed by atoms with Crippen LogP contribution in [0.25, 0.3) is 0 Å². The van der Waals surface area contributed by atoms with Crippen molar-refractivity contribution in [3.05, 3.63) is 24.3 Å². The molecular weight excluding hydrogens is 254 g/mol. The number of benzene rings is 1. The number of methoxy groups -OCH3 is 1. The molecule has 110 valence electrons. The highest BCUT2D eigenvalue weighted by molar-refractivity contribution is 5.93. The Kier molecular flexibility index (Phi) is 5.38. The van der Waals surface area contributed by atoms with Crippen molar-refractivity contribution in [3.63, 3.8) is 0 Å². The minimum absolute atomic E-state index is 0.00146. The van der Waals surface area contributed by atoms with Crippen molar-refractivity contribution in [2.24, 2.45) is 5.73 Å². The van der Waals surface area contributed by atoms with Crippen molar-refractivity contribution in [2.75, 3.05) is 32.1 Å². The summed E-state index contributed by atoms with van der Waals surface area (Å²) in [6, 6.07) is 8.00. The predicted molar refractivity (Wildman–Crippen MR) is 79.9 cm³/mol. The molecule has 2 rings (SSSR count). The minimum Gasteiger partial charge on any atom is -0.495 e. The van der Waals surface area contributed by atoms with Gasteiger partial charge in [0.15, 0.2) is 0 Å². The summed E-state index contributed by atoms with van der Waals surface area (Å²) < 4.78 is 5.23. The third-order valence-electron chi connectivity index (χ3n) is 3.44. The van der Waals surface area contributed by atoms with Crippen LogP contribution in [0.2, 0.25) is 0 Å². The first-order valence-corrected chi connectivity index (χ1v) is 7.11. The Morgan fingerprint density at radius 3 is 2.85 bits per heavy atom. The molecule has 1 aromatic carbocycles. The molecule has 1 amide bonds. The fourth-order valence-electron chi connectivity index (χ4n) is 2.25. The molecule has 0 unspecified atom stereocenters. The van der Waals surface area contributed by atoms with E-state index in [1.54, 1.807) is 7.11 Å². The van der Waals surface area contributed by atoms with Crippen molar-refractivity contribution in [1.29, 1.82) is 0 Å². The van der Waals surface area contributed by atoms with E-state index in [9.17, 15) is 4.79 Å². The second-order valence-corrected chi connectivity index (χ2v) is 5.09. The predicted octanol–water partition coefficient (Wildman–Crippen LogP) is 1.45. The van der Waals surface area contributed by atoms with Gasteiger partial charge in [-0.05, 0) is 37.9 Å². The van der Waals surface area contributed by atoms with Gasteiger partial charge in [-0.1, -0.05) is 12.1 Å². The lowest BCUT2D eigenvalue weighted by molar-refractivity contribution is -0.117. The van der Waals surface area contributed by atoms with Crippen molar-refractivity contribution in [3.8, 4) is 5.75 Å². The van der Waals surface area contributed by atoms with E-state index in [0.29, 0.717) is 24.9 Å². The molecule has 0 spiro atoms. The van der Waals surface area contributed by atoms with Crippen LogP contribution >= 0.6 is 0 Å². The molecule has 0 aliphatic heterocycles. The van der Waals surface area contributed by atoms with Crippen LogP contribution in [0.3, 0.4) is 0 Å². The Morgan fingerprint density at radius 1 is 1.45 bits per heavy atom. The second-order valence-electron chi connectivity index (χ2n) is 5.09. The van der Waals surface area contributed by atoms with Gasteiger partial charge in [-0.2, -0.15) is 0 Å². The van der Waals surface area contributed by atoms with Gasteiger partial charge in [-0.3, -0.25) is 9.69 Å². The topological polar surface area (TPSA) is 67.6 Å². The highest BCUT2D eigenvalue weighted by Crippen LogP contribution is 2.27. The molecule has 0 radical (unpaired) electrons. The number of hydrogen-bond acceptors (Lipinski definition) is 4. The Hall–Kier alpha value is -1.59. The highest BCUT2D eigenvalue weighted by atomic mass is 16.5. The molecule has 1 aromatic rings. The van der Waals surface area contributed by atoms with Gasteiger partial charge in [0.25, 0.3) is 0 Å². The molecule has 5 heteroatoms. The number of carbonyl (C=O) groups is 1. The number of carbonyl (C=O) groups excluding carboxylic acids is 1. The van der Waals surface area contributed by atoms with Crippen LogP contribution in [-0.2, 0) is 4.79 Å². The van der Waals surface area contributed by atoms with Gasteiger partial charge in [0.2, 0.25) is 5.91 Å². The number of hydrogen-bond donors (Lipinski definition) is 2. The Balaban J connectivity index is 1.90. The van der Waals surface area contributed by atoms with Crippen LogP contribution in [-0.4, -0.2) is 43.6 Å². The molecule has 1 aliphatic rings. The maximum absolute atomic E-state index is 12.1. The minimum atomic E-state index is -0.00146. The maximum atomic E-state index is 12.1. The molecule has 1 saturated carbocycles. The number of para-hydroxylation sites is 2. The Morgan fingerprint density at radius 2 is 2.20 bits per heavy atom. The number of ether oxygens (including phenoxy) is 1. The number of nitrogens with one attached hydrogen (secondary N) is 1. The van der Waals surface area contributed by atoms with E-state index in [-0.39, 0.29) is 5.91 Å². The molecule has 0 heterocycles. The first-order chi connectivity index (χ1) is 9.74. The summed E-state index contributed by atoms with van der Waals surface area (Å²) >= 11 is 0. The molecule has 5 nitrogen and oxygen atoms in total. The van der Waals surface area contributed by atoms with Gasteiger partial charge >= 0.3 is 0 Å². The number of anilines is 1. The van der Waals surface area contributed by atoms with E-state index < -0.39 is 0 Å². The van der Waals surface area contributed by atoms with Gasteiger partial charge in [0.1, 0.15) is 5.75 Å². The zero-order chi connectivity index (χ0) is 14.4. The SMILES string of the molecule is COc1ccccc1NC(=O)CN(CCCN)C1CC1. The number of nitrogens with zero attached hydrogens (tertiary/aromatic N) is 1. The maximum Gasteiger partial charge on any atom is 0.238 e. The lowest BCUT2D eigenvalue weighted by Gasteiger charge is -2.21. The fourth-order valence-corrected chi connectivity index (χ4v) is 2.25. The summed E-state index contributed by atoms with van der Waals surface area (Å²) in [5, 5.41) is 2.91. The van der Waals surface area contributed by atoms with Crippen LogP contribution in [0.4, 0.5) is 5.69 Å². The fraction of sp³-hybridized carbons (Fsp3) is 0.533. The van der Waals surface area contributed by atoms with Gasteiger partial charge in [-0.25, -0.2) is 0 Å². The zero-order valence-corrected chi connectivity index (χ0v) is 12.0. The van der Waals surface area contributed by atoms with Crippen molar-refractivity contribution in [2.45, 2.75) is 25.3 Å². The largest absolute Gasteiger partial charge is 0.495 e. The summed E-state index contributed by atoms with van der Waals surface area (Å²) in [6.45, 7) is 1.97. The Bertz CT molecular complexity index is 446. The normalized spacial score (nSPS) is 14.3. The summed E-state index contributed by atoms with van der Waals surface area (Å²) in [4.78, 5) is 14.4. The molecular formula is C15H23N3O2. The summed E-state index contributed by atoms with van der Waals surface area (Å²) in [5.74, 6) is 0.680. The first kappa shape index (κ1) is 14.8. The molecule has 0 aromatic heterocycles. The van der Waals surface area contributed by atoms with E-state index in [1.807, 2.05) is 24.3 Å². The number of nitrogens with two attached hydrogens (primary N) is 1. The molecule has 20 heavy (non-hydrogen) atoms. The number of rotatable bonds is 8. The van der Waals surface area contributed by atoms with E-state index in [4.69, 9.17) is 10.5 Å². The van der Waals surface area contributed by atoms with Gasteiger partial charge < -0.3 is 15.8 Å². The quantitative estimate of drug-likeness (QED) is 0.754. The van der Waals surface area contributed by atoms with Crippen LogP contribution in [0.15, 0.2) is 24.3 Å².